The van der Waals surface area contributed by atoms with Gasteiger partial charge in [0.15, 0.2) is 9.84 Å². The number of amides is 1. The van der Waals surface area contributed by atoms with Gasteiger partial charge in [-0.15, -0.1) is 5.10 Å². The monoisotopic (exact) mass is 435 g/mol. The third kappa shape index (κ3) is 4.55. The largest absolute Gasteiger partial charge is 0.408 e. The molecule has 0 atom stereocenters. The van der Waals surface area contributed by atoms with Gasteiger partial charge in [-0.3, -0.25) is 10.1 Å². The highest BCUT2D eigenvalue weighted by Gasteiger charge is 2.17. The number of hydrogen-bond donors (Lipinski definition) is 1. The summed E-state index contributed by atoms with van der Waals surface area (Å²) in [6.45, 7) is 0. The van der Waals surface area contributed by atoms with Crippen LogP contribution < -0.4 is 5.32 Å². The van der Waals surface area contributed by atoms with Crippen LogP contribution in [0.5, 0.6) is 0 Å². The normalized spacial score (nSPS) is 11.3. The average molecular weight is 436 g/mol. The number of aromatic nitrogens is 2. The molecule has 0 unspecified atom stereocenters. The van der Waals surface area contributed by atoms with Crippen molar-refractivity contribution < 1.29 is 17.6 Å². The van der Waals surface area contributed by atoms with Gasteiger partial charge in [0.25, 0.3) is 5.91 Å². The predicted octanol–water partition coefficient (Wildman–Crippen LogP) is 3.10. The molecular formula is C17H14BrN3O4S. The first-order valence-corrected chi connectivity index (χ1v) is 10.1. The van der Waals surface area contributed by atoms with Crippen molar-refractivity contribution >= 4 is 37.7 Å². The van der Waals surface area contributed by atoms with Crippen molar-refractivity contribution in [1.29, 1.82) is 0 Å². The fourth-order valence-corrected chi connectivity index (χ4v) is 3.82. The van der Waals surface area contributed by atoms with E-state index in [9.17, 15) is 13.2 Å². The molecule has 26 heavy (non-hydrogen) atoms. The molecule has 9 heteroatoms. The van der Waals surface area contributed by atoms with Crippen LogP contribution >= 0.6 is 15.9 Å². The summed E-state index contributed by atoms with van der Waals surface area (Å²) >= 11 is 3.29. The Morgan fingerprint density at radius 1 is 1.08 bits per heavy atom. The minimum atomic E-state index is -3.44. The van der Waals surface area contributed by atoms with Gasteiger partial charge in [0.2, 0.25) is 5.89 Å². The number of benzene rings is 2. The maximum Gasteiger partial charge on any atom is 0.322 e. The minimum Gasteiger partial charge on any atom is -0.408 e. The van der Waals surface area contributed by atoms with Gasteiger partial charge < -0.3 is 4.42 Å². The summed E-state index contributed by atoms with van der Waals surface area (Å²) < 4.78 is 30.6. The lowest BCUT2D eigenvalue weighted by atomic mass is 10.2. The molecule has 0 aliphatic rings. The molecule has 3 aromatic rings. The Hall–Kier alpha value is -2.52. The summed E-state index contributed by atoms with van der Waals surface area (Å²) in [5.41, 5.74) is 0.422. The molecule has 2 aromatic carbocycles. The summed E-state index contributed by atoms with van der Waals surface area (Å²) in [6, 6.07) is 14.9. The highest BCUT2D eigenvalue weighted by molar-refractivity contribution is 9.10. The number of hydrogen-bond acceptors (Lipinski definition) is 6. The van der Waals surface area contributed by atoms with Crippen LogP contribution in [0, 0.1) is 0 Å². The number of halogens is 1. The van der Waals surface area contributed by atoms with Crippen LogP contribution in [0.1, 0.15) is 16.2 Å². The Balaban J connectivity index is 1.62. The molecule has 0 bridgehead atoms. The van der Waals surface area contributed by atoms with Crippen LogP contribution in [-0.2, 0) is 16.3 Å². The van der Waals surface area contributed by atoms with Gasteiger partial charge in [0.1, 0.15) is 0 Å². The lowest BCUT2D eigenvalue weighted by Crippen LogP contribution is -2.12. The number of rotatable bonds is 6. The second-order valence-electron chi connectivity index (χ2n) is 5.35. The van der Waals surface area contributed by atoms with Crippen molar-refractivity contribution in [3.05, 3.63) is 70.5 Å². The zero-order valence-electron chi connectivity index (χ0n) is 13.4. The van der Waals surface area contributed by atoms with E-state index in [4.69, 9.17) is 4.42 Å². The van der Waals surface area contributed by atoms with Gasteiger partial charge in [-0.2, -0.15) is 0 Å². The summed E-state index contributed by atoms with van der Waals surface area (Å²) in [6.07, 6.45) is 0.0526. The van der Waals surface area contributed by atoms with Gasteiger partial charge in [-0.25, -0.2) is 8.42 Å². The standard InChI is InChI=1S/C17H14BrN3O4S/c18-13-6-4-5-12(11-13)16(22)19-17-21-20-15(25-17)9-10-26(23,24)14-7-2-1-3-8-14/h1-8,11H,9-10H2,(H,19,21,22). The molecule has 1 N–H and O–H groups in total. The van der Waals surface area contributed by atoms with E-state index in [-0.39, 0.29) is 29.0 Å². The molecule has 0 saturated carbocycles. The fourth-order valence-electron chi connectivity index (χ4n) is 2.17. The molecule has 3 rings (SSSR count). The van der Waals surface area contributed by atoms with Crippen molar-refractivity contribution in [2.24, 2.45) is 0 Å². The molecule has 0 aliphatic carbocycles. The quantitative estimate of drug-likeness (QED) is 0.637. The van der Waals surface area contributed by atoms with Crippen molar-refractivity contribution in [2.45, 2.75) is 11.3 Å². The highest BCUT2D eigenvalue weighted by atomic mass is 79.9. The van der Waals surface area contributed by atoms with Gasteiger partial charge >= 0.3 is 6.01 Å². The Kier molecular flexibility index (Phi) is 5.48. The summed E-state index contributed by atoms with van der Waals surface area (Å²) in [5, 5.41) is 9.98. The van der Waals surface area contributed by atoms with Crippen LogP contribution in [0.2, 0.25) is 0 Å². The number of carbonyl (C=O) groups is 1. The first kappa shape index (κ1) is 18.3. The van der Waals surface area contributed by atoms with Crippen molar-refractivity contribution in [3.8, 4) is 0 Å². The maximum absolute atomic E-state index is 12.2. The zero-order valence-corrected chi connectivity index (χ0v) is 15.8. The van der Waals surface area contributed by atoms with E-state index >= 15 is 0 Å². The lowest BCUT2D eigenvalue weighted by molar-refractivity contribution is 0.102. The van der Waals surface area contributed by atoms with E-state index in [2.05, 4.69) is 31.4 Å². The molecule has 0 aliphatic heterocycles. The lowest BCUT2D eigenvalue weighted by Gasteiger charge is -2.02. The van der Waals surface area contributed by atoms with Crippen LogP contribution in [0.15, 0.2) is 68.4 Å². The smallest absolute Gasteiger partial charge is 0.322 e. The first-order chi connectivity index (χ1) is 12.4. The van der Waals surface area contributed by atoms with E-state index in [1.165, 1.54) is 12.1 Å². The second-order valence-corrected chi connectivity index (χ2v) is 8.37. The van der Waals surface area contributed by atoms with E-state index in [1.807, 2.05) is 0 Å². The van der Waals surface area contributed by atoms with Crippen molar-refractivity contribution in [2.75, 3.05) is 11.1 Å². The van der Waals surface area contributed by atoms with E-state index in [1.54, 1.807) is 42.5 Å². The zero-order chi connectivity index (χ0) is 18.6. The number of nitrogens with zero attached hydrogens (tertiary/aromatic N) is 2. The Morgan fingerprint density at radius 3 is 2.58 bits per heavy atom. The molecule has 0 saturated heterocycles. The van der Waals surface area contributed by atoms with Crippen LogP contribution in [0.3, 0.4) is 0 Å². The van der Waals surface area contributed by atoms with E-state index in [0.717, 1.165) is 4.47 Å². The number of carbonyl (C=O) groups excluding carboxylic acids is 1. The molecule has 1 heterocycles. The average Bonchev–Trinajstić information content (AvgIpc) is 3.08. The van der Waals surface area contributed by atoms with Gasteiger partial charge in [0, 0.05) is 16.5 Å². The molecular weight excluding hydrogens is 422 g/mol. The summed E-state index contributed by atoms with van der Waals surface area (Å²) in [5.74, 6) is -0.439. The summed E-state index contributed by atoms with van der Waals surface area (Å²) in [4.78, 5) is 12.4. The number of nitrogens with one attached hydrogen (secondary N) is 1. The Labute approximate surface area is 158 Å². The molecule has 0 spiro atoms. The third-order valence-corrected chi connectivity index (χ3v) is 5.69. The first-order valence-electron chi connectivity index (χ1n) is 7.61. The van der Waals surface area contributed by atoms with Gasteiger partial charge in [-0.05, 0) is 30.3 Å². The highest BCUT2D eigenvalue weighted by Crippen LogP contribution is 2.15. The van der Waals surface area contributed by atoms with Crippen LogP contribution in [0.25, 0.3) is 0 Å². The molecule has 7 nitrogen and oxygen atoms in total. The van der Waals surface area contributed by atoms with Crippen molar-refractivity contribution in [1.82, 2.24) is 10.2 Å². The summed E-state index contributed by atoms with van der Waals surface area (Å²) in [7, 11) is -3.44. The molecule has 1 aromatic heterocycles. The molecule has 0 radical (unpaired) electrons. The number of sulfone groups is 1. The van der Waals surface area contributed by atoms with Gasteiger partial charge in [-0.1, -0.05) is 45.3 Å². The Bertz CT molecular complexity index is 1020. The van der Waals surface area contributed by atoms with Crippen LogP contribution in [0.4, 0.5) is 6.01 Å². The van der Waals surface area contributed by atoms with Crippen molar-refractivity contribution in [3.63, 3.8) is 0 Å². The fraction of sp³-hybridized carbons (Fsp3) is 0.118. The number of anilines is 1. The van der Waals surface area contributed by atoms with E-state index < -0.39 is 15.7 Å². The molecule has 134 valence electrons. The maximum atomic E-state index is 12.2. The molecule has 0 fully saturated rings. The van der Waals surface area contributed by atoms with Gasteiger partial charge in [0.05, 0.1) is 10.6 Å². The SMILES string of the molecule is O=C(Nc1nnc(CCS(=O)(=O)c2ccccc2)o1)c1cccc(Br)c1. The topological polar surface area (TPSA) is 102 Å². The molecule has 1 amide bonds. The van der Waals surface area contributed by atoms with Crippen LogP contribution in [-0.4, -0.2) is 30.3 Å². The number of aryl methyl sites for hydroxylation is 1. The third-order valence-electron chi connectivity index (χ3n) is 3.46. The van der Waals surface area contributed by atoms with E-state index in [0.29, 0.717) is 5.56 Å². The second kappa shape index (κ2) is 7.79. The predicted molar refractivity (Wildman–Crippen MR) is 98.6 cm³/mol. The minimum absolute atomic E-state index is 0.0526. The Morgan fingerprint density at radius 2 is 1.85 bits per heavy atom.